The smallest absolute Gasteiger partial charge is 0.354 e. The highest BCUT2D eigenvalue weighted by Gasteiger charge is 2.49. The number of carbonyl (C=O) groups is 2. The first-order chi connectivity index (χ1) is 6.04. The summed E-state index contributed by atoms with van der Waals surface area (Å²) in [5.41, 5.74) is 0.784. The summed E-state index contributed by atoms with van der Waals surface area (Å²) in [6, 6.07) is 0. The molecule has 1 saturated heterocycles. The van der Waals surface area contributed by atoms with E-state index in [4.69, 9.17) is 5.11 Å². The lowest BCUT2D eigenvalue weighted by atomic mass is 10.1. The van der Waals surface area contributed by atoms with Crippen molar-refractivity contribution in [3.63, 3.8) is 0 Å². The maximum atomic E-state index is 11.1. The Morgan fingerprint density at radius 1 is 1.62 bits per heavy atom. The molecule has 0 saturated carbocycles. The Morgan fingerprint density at radius 3 is 2.62 bits per heavy atom. The van der Waals surface area contributed by atoms with Crippen molar-refractivity contribution in [1.82, 2.24) is 9.80 Å². The fourth-order valence-corrected chi connectivity index (χ4v) is 1.81. The highest BCUT2D eigenvalue weighted by Crippen LogP contribution is 2.36. The van der Waals surface area contributed by atoms with Crippen LogP contribution in [0.4, 0.5) is 0 Å². The van der Waals surface area contributed by atoms with Crippen molar-refractivity contribution in [1.29, 1.82) is 0 Å². The third kappa shape index (κ3) is 0.811. The summed E-state index contributed by atoms with van der Waals surface area (Å²) >= 11 is 0. The van der Waals surface area contributed by atoms with E-state index < -0.39 is 5.97 Å². The van der Waals surface area contributed by atoms with Crippen molar-refractivity contribution in [2.24, 2.45) is 0 Å². The van der Waals surface area contributed by atoms with E-state index in [0.717, 1.165) is 0 Å². The van der Waals surface area contributed by atoms with Gasteiger partial charge in [0.1, 0.15) is 6.17 Å². The number of hydrogen-bond donors (Lipinski definition) is 1. The van der Waals surface area contributed by atoms with Crippen molar-refractivity contribution in [2.45, 2.75) is 19.5 Å². The number of amides is 1. The van der Waals surface area contributed by atoms with E-state index in [9.17, 15) is 9.59 Å². The molecule has 5 heteroatoms. The van der Waals surface area contributed by atoms with E-state index in [0.29, 0.717) is 12.1 Å². The highest BCUT2D eigenvalue weighted by molar-refractivity contribution is 5.97. The largest absolute Gasteiger partial charge is 0.477 e. The molecule has 0 aromatic rings. The Kier molecular flexibility index (Phi) is 1.40. The minimum absolute atomic E-state index is 0.0569. The molecule has 0 aromatic heterocycles. The van der Waals surface area contributed by atoms with Gasteiger partial charge in [-0.15, -0.1) is 0 Å². The number of hydrogen-bond acceptors (Lipinski definition) is 3. The first-order valence-corrected chi connectivity index (χ1v) is 4.03. The quantitative estimate of drug-likeness (QED) is 0.571. The second-order valence-corrected chi connectivity index (χ2v) is 3.30. The second-order valence-electron chi connectivity index (χ2n) is 3.30. The van der Waals surface area contributed by atoms with Crippen molar-refractivity contribution in [2.75, 3.05) is 7.05 Å². The predicted octanol–water partition coefficient (Wildman–Crippen LogP) is -0.194. The van der Waals surface area contributed by atoms with E-state index in [1.807, 2.05) is 4.90 Å². The molecular weight excluding hydrogens is 172 g/mol. The van der Waals surface area contributed by atoms with Gasteiger partial charge in [0.2, 0.25) is 5.91 Å². The highest BCUT2D eigenvalue weighted by atomic mass is 16.4. The number of nitrogens with zero attached hydrogens (tertiary/aromatic N) is 2. The van der Waals surface area contributed by atoms with Gasteiger partial charge in [-0.3, -0.25) is 9.69 Å². The zero-order valence-electron chi connectivity index (χ0n) is 7.44. The summed E-state index contributed by atoms with van der Waals surface area (Å²) in [5.74, 6) is -1.13. The third-order valence-electron chi connectivity index (χ3n) is 2.69. The molecule has 1 N–H and O–H groups in total. The number of carbonyl (C=O) groups excluding carboxylic acids is 1. The number of carboxylic acid groups (broad SMARTS) is 1. The Morgan fingerprint density at radius 2 is 2.23 bits per heavy atom. The van der Waals surface area contributed by atoms with Gasteiger partial charge in [0.05, 0.1) is 6.42 Å². The molecule has 2 aliphatic heterocycles. The summed E-state index contributed by atoms with van der Waals surface area (Å²) in [4.78, 5) is 25.1. The Balaban J connectivity index is 2.41. The lowest BCUT2D eigenvalue weighted by Crippen LogP contribution is -2.54. The van der Waals surface area contributed by atoms with Crippen LogP contribution in [0.5, 0.6) is 0 Å². The van der Waals surface area contributed by atoms with Crippen LogP contribution in [0.1, 0.15) is 13.3 Å². The Bertz CT molecular complexity index is 334. The van der Waals surface area contributed by atoms with Crippen molar-refractivity contribution in [3.05, 3.63) is 11.4 Å². The average Bonchev–Trinajstić information content (AvgIpc) is 2.24. The minimum atomic E-state index is -1.03. The van der Waals surface area contributed by atoms with E-state index >= 15 is 0 Å². The van der Waals surface area contributed by atoms with Crippen LogP contribution in [0.3, 0.4) is 0 Å². The molecule has 1 unspecified atom stereocenters. The maximum absolute atomic E-state index is 11.1. The molecule has 70 valence electrons. The molecule has 1 fully saturated rings. The fraction of sp³-hybridized carbons (Fsp3) is 0.500. The molecule has 2 heterocycles. The van der Waals surface area contributed by atoms with Gasteiger partial charge in [-0.1, -0.05) is 0 Å². The number of fused-ring (bicyclic) bond motifs is 1. The Hall–Kier alpha value is -1.52. The molecule has 13 heavy (non-hydrogen) atoms. The van der Waals surface area contributed by atoms with Crippen molar-refractivity contribution in [3.8, 4) is 0 Å². The molecule has 1 amide bonds. The van der Waals surface area contributed by atoms with Crippen molar-refractivity contribution >= 4 is 11.9 Å². The summed E-state index contributed by atoms with van der Waals surface area (Å²) in [6.07, 6.45) is 0.364. The van der Waals surface area contributed by atoms with Gasteiger partial charge in [0.25, 0.3) is 0 Å². The van der Waals surface area contributed by atoms with E-state index in [1.54, 1.807) is 14.0 Å². The summed E-state index contributed by atoms with van der Waals surface area (Å²) in [6.45, 7) is 1.72. The summed E-state index contributed by atoms with van der Waals surface area (Å²) in [5, 5.41) is 8.86. The number of aliphatic carboxylic acids is 1. The molecule has 0 spiro atoms. The lowest BCUT2D eigenvalue weighted by molar-refractivity contribution is -0.151. The Labute approximate surface area is 75.2 Å². The molecule has 1 atom stereocenters. The van der Waals surface area contributed by atoms with Crippen LogP contribution in [0.15, 0.2) is 11.4 Å². The minimum Gasteiger partial charge on any atom is -0.477 e. The third-order valence-corrected chi connectivity index (χ3v) is 2.69. The lowest BCUT2D eigenvalue weighted by Gasteiger charge is -2.38. The summed E-state index contributed by atoms with van der Waals surface area (Å²) < 4.78 is 0. The van der Waals surface area contributed by atoms with Gasteiger partial charge < -0.3 is 10.0 Å². The predicted molar refractivity (Wildman–Crippen MR) is 43.3 cm³/mol. The first kappa shape index (κ1) is 8.10. The van der Waals surface area contributed by atoms with Gasteiger partial charge >= 0.3 is 5.97 Å². The van der Waals surface area contributed by atoms with Crippen molar-refractivity contribution < 1.29 is 14.7 Å². The topological polar surface area (TPSA) is 60.9 Å². The second kappa shape index (κ2) is 2.25. The van der Waals surface area contributed by atoms with Crippen LogP contribution in [0.2, 0.25) is 0 Å². The zero-order chi connectivity index (χ0) is 9.75. The molecule has 5 nitrogen and oxygen atoms in total. The van der Waals surface area contributed by atoms with E-state index in [1.165, 1.54) is 4.90 Å². The van der Waals surface area contributed by atoms with Gasteiger partial charge in [-0.05, 0) is 6.92 Å². The normalized spacial score (nSPS) is 26.3. The van der Waals surface area contributed by atoms with E-state index in [-0.39, 0.29) is 17.8 Å². The molecule has 0 bridgehead atoms. The first-order valence-electron chi connectivity index (χ1n) is 4.03. The van der Waals surface area contributed by atoms with Crippen LogP contribution >= 0.6 is 0 Å². The monoisotopic (exact) mass is 182 g/mol. The van der Waals surface area contributed by atoms with Gasteiger partial charge in [-0.2, -0.15) is 0 Å². The number of rotatable bonds is 1. The molecule has 0 aliphatic carbocycles. The maximum Gasteiger partial charge on any atom is 0.354 e. The average molecular weight is 182 g/mol. The van der Waals surface area contributed by atoms with Crippen LogP contribution in [-0.2, 0) is 9.59 Å². The van der Waals surface area contributed by atoms with Gasteiger partial charge in [-0.25, -0.2) is 4.79 Å². The molecule has 0 aromatic carbocycles. The number of β-lactam (4-membered cyclic amide) rings is 1. The van der Waals surface area contributed by atoms with Gasteiger partial charge in [0.15, 0.2) is 5.70 Å². The number of allylic oxidation sites excluding steroid dienone is 1. The molecular formula is C8H10N2O3. The molecule has 2 aliphatic rings. The SMILES string of the molecule is CC1=C(C(=O)O)N2C(=O)CC2N1C. The molecule has 0 radical (unpaired) electrons. The van der Waals surface area contributed by atoms with Crippen LogP contribution < -0.4 is 0 Å². The summed E-state index contributed by atoms with van der Waals surface area (Å²) in [7, 11) is 1.80. The van der Waals surface area contributed by atoms with Crippen LogP contribution in [0, 0.1) is 0 Å². The molecule has 2 rings (SSSR count). The van der Waals surface area contributed by atoms with Gasteiger partial charge in [0, 0.05) is 12.7 Å². The zero-order valence-corrected chi connectivity index (χ0v) is 7.44. The fourth-order valence-electron chi connectivity index (χ4n) is 1.81. The van der Waals surface area contributed by atoms with Crippen LogP contribution in [-0.4, -0.2) is 40.0 Å². The standard InChI is InChI=1S/C8H10N2O3/c1-4-7(8(12)13)10-5(9(4)2)3-6(10)11/h5H,3H2,1-2H3,(H,12,13). The van der Waals surface area contributed by atoms with Crippen LogP contribution in [0.25, 0.3) is 0 Å². The number of carboxylic acids is 1. The van der Waals surface area contributed by atoms with E-state index in [2.05, 4.69) is 0 Å².